The lowest BCUT2D eigenvalue weighted by Gasteiger charge is -2.30. The van der Waals surface area contributed by atoms with Gasteiger partial charge in [-0.1, -0.05) is 12.1 Å². The van der Waals surface area contributed by atoms with Crippen molar-refractivity contribution < 1.29 is 9.84 Å². The Balaban J connectivity index is 1.87. The molecule has 2 unspecified atom stereocenters. The number of hydrogen-bond acceptors (Lipinski definition) is 4. The van der Waals surface area contributed by atoms with Crippen LogP contribution in [0.4, 0.5) is 0 Å². The van der Waals surface area contributed by atoms with Gasteiger partial charge in [-0.2, -0.15) is 5.10 Å². The average Bonchev–Trinajstić information content (AvgIpc) is 2.88. The number of hydrogen-bond donors (Lipinski definition) is 1. The lowest BCUT2D eigenvalue weighted by molar-refractivity contribution is 0.0384. The maximum Gasteiger partial charge on any atom is 0.140 e. The fourth-order valence-electron chi connectivity index (χ4n) is 2.41. The molecule has 1 N–H and O–H groups in total. The molecule has 2 aromatic rings. The van der Waals surface area contributed by atoms with Crippen LogP contribution >= 0.6 is 27.7 Å². The number of para-hydroxylation sites is 1. The lowest BCUT2D eigenvalue weighted by Crippen LogP contribution is -2.32. The first-order valence-corrected chi connectivity index (χ1v) is 8.65. The summed E-state index contributed by atoms with van der Waals surface area (Å²) >= 11 is 5.19. The van der Waals surface area contributed by atoms with Crippen LogP contribution in [0.5, 0.6) is 5.75 Å². The van der Waals surface area contributed by atoms with Crippen molar-refractivity contribution in [2.75, 3.05) is 5.75 Å². The number of rotatable bonds is 3. The highest BCUT2D eigenvalue weighted by Crippen LogP contribution is 2.39. The van der Waals surface area contributed by atoms with Gasteiger partial charge in [-0.3, -0.25) is 4.68 Å². The van der Waals surface area contributed by atoms with E-state index in [2.05, 4.69) is 21.0 Å². The van der Waals surface area contributed by atoms with Crippen molar-refractivity contribution in [1.82, 2.24) is 9.78 Å². The van der Waals surface area contributed by atoms with E-state index >= 15 is 0 Å². The van der Waals surface area contributed by atoms with Crippen LogP contribution in [0.1, 0.15) is 31.7 Å². The number of benzene rings is 1. The summed E-state index contributed by atoms with van der Waals surface area (Å²) in [4.78, 5) is 1.12. The minimum absolute atomic E-state index is 0.185. The molecule has 0 bridgehead atoms. The van der Waals surface area contributed by atoms with E-state index in [4.69, 9.17) is 4.74 Å². The van der Waals surface area contributed by atoms with E-state index in [9.17, 15) is 5.11 Å². The van der Waals surface area contributed by atoms with Gasteiger partial charge in [-0.05, 0) is 41.9 Å². The first kappa shape index (κ1) is 14.9. The van der Waals surface area contributed by atoms with Crippen molar-refractivity contribution in [2.24, 2.45) is 0 Å². The van der Waals surface area contributed by atoms with Crippen LogP contribution in [-0.4, -0.2) is 26.7 Å². The number of ether oxygens (including phenoxy) is 1. The number of aliphatic hydroxyl groups is 1. The summed E-state index contributed by atoms with van der Waals surface area (Å²) in [5.74, 6) is 1.55. The van der Waals surface area contributed by atoms with Crippen LogP contribution < -0.4 is 4.74 Å². The summed E-state index contributed by atoms with van der Waals surface area (Å²) in [6.07, 6.45) is 0.725. The summed E-state index contributed by atoms with van der Waals surface area (Å²) < 4.78 is 8.63. The van der Waals surface area contributed by atoms with Crippen molar-refractivity contribution >= 4 is 27.7 Å². The molecule has 2 atom stereocenters. The van der Waals surface area contributed by atoms with Crippen molar-refractivity contribution in [3.05, 3.63) is 40.6 Å². The predicted molar refractivity (Wildman–Crippen MR) is 86.9 cm³/mol. The number of aliphatic hydroxyl groups excluding tert-OH is 1. The second kappa shape index (κ2) is 6.02. The van der Waals surface area contributed by atoms with Gasteiger partial charge in [-0.25, -0.2) is 0 Å². The number of halogens is 1. The molecule has 112 valence electrons. The minimum Gasteiger partial charge on any atom is -0.485 e. The van der Waals surface area contributed by atoms with E-state index in [1.807, 2.05) is 42.8 Å². The zero-order chi connectivity index (χ0) is 15.0. The molecule has 0 radical (unpaired) electrons. The SMILES string of the molecule is CC(C)n1ncc(Br)c1C(O)C1CSc2ccccc2O1. The van der Waals surface area contributed by atoms with Crippen molar-refractivity contribution in [3.8, 4) is 5.75 Å². The van der Waals surface area contributed by atoms with Crippen LogP contribution in [0, 0.1) is 0 Å². The molecule has 1 aromatic carbocycles. The Morgan fingerprint density at radius 3 is 2.95 bits per heavy atom. The maximum absolute atomic E-state index is 10.7. The quantitative estimate of drug-likeness (QED) is 0.894. The van der Waals surface area contributed by atoms with Gasteiger partial charge in [-0.15, -0.1) is 11.8 Å². The van der Waals surface area contributed by atoms with E-state index in [1.54, 1.807) is 18.0 Å². The van der Waals surface area contributed by atoms with Gasteiger partial charge in [0.2, 0.25) is 0 Å². The number of nitrogens with zero attached hydrogens (tertiary/aromatic N) is 2. The van der Waals surface area contributed by atoms with Crippen molar-refractivity contribution in [2.45, 2.75) is 37.0 Å². The Hall–Kier alpha value is -0.980. The molecule has 1 aliphatic heterocycles. The van der Waals surface area contributed by atoms with E-state index in [-0.39, 0.29) is 12.1 Å². The molecule has 1 aromatic heterocycles. The largest absolute Gasteiger partial charge is 0.485 e. The molecule has 0 aliphatic carbocycles. The number of thioether (sulfide) groups is 1. The third kappa shape index (κ3) is 2.84. The Labute approximate surface area is 136 Å². The Bertz CT molecular complexity index is 644. The van der Waals surface area contributed by atoms with E-state index in [0.717, 1.165) is 20.8 Å². The zero-order valence-corrected chi connectivity index (χ0v) is 14.3. The lowest BCUT2D eigenvalue weighted by atomic mass is 10.1. The minimum atomic E-state index is -0.717. The highest BCUT2D eigenvalue weighted by Gasteiger charge is 2.32. The van der Waals surface area contributed by atoms with Gasteiger partial charge in [0.05, 0.1) is 16.4 Å². The molecule has 0 saturated carbocycles. The van der Waals surface area contributed by atoms with Crippen LogP contribution in [0.2, 0.25) is 0 Å². The van der Waals surface area contributed by atoms with Crippen LogP contribution in [-0.2, 0) is 0 Å². The molecule has 0 saturated heterocycles. The summed E-state index contributed by atoms with van der Waals surface area (Å²) in [6.45, 7) is 4.09. The molecule has 3 rings (SSSR count). The first-order chi connectivity index (χ1) is 10.1. The van der Waals surface area contributed by atoms with E-state index in [1.165, 1.54) is 0 Å². The number of aromatic nitrogens is 2. The highest BCUT2D eigenvalue weighted by atomic mass is 79.9. The van der Waals surface area contributed by atoms with Gasteiger partial charge in [0.25, 0.3) is 0 Å². The van der Waals surface area contributed by atoms with E-state index in [0.29, 0.717) is 5.75 Å². The van der Waals surface area contributed by atoms with Crippen LogP contribution in [0.25, 0.3) is 0 Å². The summed E-state index contributed by atoms with van der Waals surface area (Å²) in [7, 11) is 0. The molecule has 0 amide bonds. The van der Waals surface area contributed by atoms with Gasteiger partial charge in [0, 0.05) is 16.7 Å². The highest BCUT2D eigenvalue weighted by molar-refractivity contribution is 9.10. The molecule has 4 nitrogen and oxygen atoms in total. The fraction of sp³-hybridized carbons (Fsp3) is 0.400. The monoisotopic (exact) mass is 368 g/mol. The Kier molecular flexibility index (Phi) is 4.28. The van der Waals surface area contributed by atoms with Gasteiger partial charge >= 0.3 is 0 Å². The Morgan fingerprint density at radius 2 is 2.19 bits per heavy atom. The Morgan fingerprint density at radius 1 is 1.43 bits per heavy atom. The van der Waals surface area contributed by atoms with Gasteiger partial charge < -0.3 is 9.84 Å². The average molecular weight is 369 g/mol. The fourth-order valence-corrected chi connectivity index (χ4v) is 3.94. The zero-order valence-electron chi connectivity index (χ0n) is 11.9. The predicted octanol–water partition coefficient (Wildman–Crippen LogP) is 3.81. The molecule has 21 heavy (non-hydrogen) atoms. The smallest absolute Gasteiger partial charge is 0.140 e. The standard InChI is InChI=1S/C15H17BrN2O2S/c1-9(2)18-14(10(16)7-17-18)15(19)12-8-21-13-6-4-3-5-11(13)20-12/h3-7,9,12,15,19H,8H2,1-2H3. The molecule has 0 fully saturated rings. The molecule has 2 heterocycles. The molecule has 1 aliphatic rings. The summed E-state index contributed by atoms with van der Waals surface area (Å²) in [5, 5.41) is 15.1. The maximum atomic E-state index is 10.7. The second-order valence-corrected chi connectivity index (χ2v) is 7.19. The third-order valence-electron chi connectivity index (χ3n) is 3.44. The van der Waals surface area contributed by atoms with Crippen LogP contribution in [0.3, 0.4) is 0 Å². The third-order valence-corrected chi connectivity index (χ3v) is 5.19. The summed E-state index contributed by atoms with van der Waals surface area (Å²) in [5.41, 5.74) is 0.773. The topological polar surface area (TPSA) is 47.3 Å². The van der Waals surface area contributed by atoms with Gasteiger partial charge in [0.1, 0.15) is 18.0 Å². The first-order valence-electron chi connectivity index (χ1n) is 6.87. The molecule has 6 heteroatoms. The molecule has 0 spiro atoms. The summed E-state index contributed by atoms with van der Waals surface area (Å²) in [6, 6.07) is 8.11. The molecular weight excluding hydrogens is 352 g/mol. The van der Waals surface area contributed by atoms with Crippen molar-refractivity contribution in [1.29, 1.82) is 0 Å². The van der Waals surface area contributed by atoms with E-state index < -0.39 is 6.10 Å². The second-order valence-electron chi connectivity index (χ2n) is 5.27. The number of fused-ring (bicyclic) bond motifs is 1. The normalized spacial score (nSPS) is 19.2. The van der Waals surface area contributed by atoms with Crippen molar-refractivity contribution in [3.63, 3.8) is 0 Å². The van der Waals surface area contributed by atoms with Gasteiger partial charge in [0.15, 0.2) is 0 Å². The molecular formula is C15H17BrN2O2S. The van der Waals surface area contributed by atoms with Crippen LogP contribution in [0.15, 0.2) is 39.8 Å².